The summed E-state index contributed by atoms with van der Waals surface area (Å²) < 4.78 is 0.844. The van der Waals surface area contributed by atoms with Crippen LogP contribution in [0.3, 0.4) is 0 Å². The monoisotopic (exact) mass is 340 g/mol. The zero-order chi connectivity index (χ0) is 15.1. The number of nitrogens with zero attached hydrogens (tertiary/aromatic N) is 2. The van der Waals surface area contributed by atoms with E-state index in [0.717, 1.165) is 30.4 Å². The van der Waals surface area contributed by atoms with Gasteiger partial charge < -0.3 is 4.90 Å². The van der Waals surface area contributed by atoms with Crippen LogP contribution in [0.4, 0.5) is 0 Å². The molecule has 1 amide bonds. The molecule has 1 heterocycles. The lowest BCUT2D eigenvalue weighted by Gasteiger charge is -2.24. The normalized spacial score (nSPS) is 11.2. The van der Waals surface area contributed by atoms with Gasteiger partial charge in [-0.3, -0.25) is 9.78 Å². The van der Waals surface area contributed by atoms with Gasteiger partial charge in [-0.15, -0.1) is 0 Å². The highest BCUT2D eigenvalue weighted by molar-refractivity contribution is 9.10. The van der Waals surface area contributed by atoms with Crippen LogP contribution in [-0.2, 0) is 0 Å². The minimum absolute atomic E-state index is 0.0834. The van der Waals surface area contributed by atoms with Crippen LogP contribution in [-0.4, -0.2) is 28.9 Å². The Labute approximate surface area is 130 Å². The minimum atomic E-state index is 0.0834. The number of pyridine rings is 1. The third-order valence-electron chi connectivity index (χ3n) is 3.19. The summed E-state index contributed by atoms with van der Waals surface area (Å²) in [5.41, 5.74) is 0.659. The molecule has 1 aromatic heterocycles. The number of amides is 1. The standard InChI is InChI=1S/C16H25BrN2O/c1-12(2)5-7-19(8-6-13(3)4)16(20)14-9-15(17)11-18-10-14/h9-13H,5-8H2,1-4H3. The van der Waals surface area contributed by atoms with E-state index in [1.54, 1.807) is 12.4 Å². The van der Waals surface area contributed by atoms with Crippen molar-refractivity contribution in [3.05, 3.63) is 28.5 Å². The maximum absolute atomic E-state index is 12.6. The van der Waals surface area contributed by atoms with Crippen molar-refractivity contribution in [3.8, 4) is 0 Å². The quantitative estimate of drug-likeness (QED) is 0.737. The molecule has 4 heteroatoms. The highest BCUT2D eigenvalue weighted by Crippen LogP contribution is 2.14. The summed E-state index contributed by atoms with van der Waals surface area (Å²) in [7, 11) is 0. The molecular weight excluding hydrogens is 316 g/mol. The second kappa shape index (κ2) is 8.40. The molecule has 112 valence electrons. The fraction of sp³-hybridized carbons (Fsp3) is 0.625. The molecule has 0 spiro atoms. The molecule has 0 aliphatic carbocycles. The first kappa shape index (κ1) is 17.2. The number of carbonyl (C=O) groups excluding carboxylic acids is 1. The second-order valence-electron chi connectivity index (χ2n) is 6.05. The largest absolute Gasteiger partial charge is 0.339 e. The summed E-state index contributed by atoms with van der Waals surface area (Å²) in [6, 6.07) is 1.84. The Morgan fingerprint density at radius 1 is 1.15 bits per heavy atom. The third kappa shape index (κ3) is 6.04. The molecule has 0 fully saturated rings. The van der Waals surface area contributed by atoms with Gasteiger partial charge in [0.1, 0.15) is 0 Å². The predicted molar refractivity (Wildman–Crippen MR) is 86.8 cm³/mol. The maximum Gasteiger partial charge on any atom is 0.255 e. The zero-order valence-electron chi connectivity index (χ0n) is 12.9. The van der Waals surface area contributed by atoms with Gasteiger partial charge in [0.05, 0.1) is 5.56 Å². The van der Waals surface area contributed by atoms with Crippen LogP contribution in [0, 0.1) is 11.8 Å². The van der Waals surface area contributed by atoms with Gasteiger partial charge >= 0.3 is 0 Å². The molecule has 0 radical (unpaired) electrons. The smallest absolute Gasteiger partial charge is 0.255 e. The zero-order valence-corrected chi connectivity index (χ0v) is 14.5. The van der Waals surface area contributed by atoms with Gasteiger partial charge in [-0.1, -0.05) is 27.7 Å². The highest BCUT2D eigenvalue weighted by Gasteiger charge is 2.17. The van der Waals surface area contributed by atoms with E-state index < -0.39 is 0 Å². The second-order valence-corrected chi connectivity index (χ2v) is 6.96. The minimum Gasteiger partial charge on any atom is -0.339 e. The van der Waals surface area contributed by atoms with E-state index in [-0.39, 0.29) is 5.91 Å². The molecule has 0 bridgehead atoms. The van der Waals surface area contributed by atoms with Crippen LogP contribution in [0.15, 0.2) is 22.9 Å². The molecule has 1 rings (SSSR count). The molecule has 1 aromatic rings. The molecule has 0 aliphatic rings. The lowest BCUT2D eigenvalue weighted by Crippen LogP contribution is -2.34. The molecule has 0 aromatic carbocycles. The van der Waals surface area contributed by atoms with E-state index in [9.17, 15) is 4.79 Å². The molecular formula is C16H25BrN2O. The summed E-state index contributed by atoms with van der Waals surface area (Å²) >= 11 is 3.37. The number of hydrogen-bond donors (Lipinski definition) is 0. The predicted octanol–water partition coefficient (Wildman–Crippen LogP) is 4.38. The molecule has 0 aliphatic heterocycles. The Hall–Kier alpha value is -0.900. The summed E-state index contributed by atoms with van der Waals surface area (Å²) in [6.07, 6.45) is 5.41. The van der Waals surface area contributed by atoms with Crippen molar-refractivity contribution in [2.45, 2.75) is 40.5 Å². The Morgan fingerprint density at radius 2 is 1.70 bits per heavy atom. The Kier molecular flexibility index (Phi) is 7.20. The molecule has 20 heavy (non-hydrogen) atoms. The maximum atomic E-state index is 12.6. The summed E-state index contributed by atoms with van der Waals surface area (Å²) in [6.45, 7) is 10.4. The summed E-state index contributed by atoms with van der Waals surface area (Å²) in [5.74, 6) is 1.29. The van der Waals surface area contributed by atoms with Gasteiger partial charge in [-0.25, -0.2) is 0 Å². The van der Waals surface area contributed by atoms with Crippen LogP contribution >= 0.6 is 15.9 Å². The SMILES string of the molecule is CC(C)CCN(CCC(C)C)C(=O)c1cncc(Br)c1. The van der Waals surface area contributed by atoms with Crippen molar-refractivity contribution < 1.29 is 4.79 Å². The lowest BCUT2D eigenvalue weighted by molar-refractivity contribution is 0.0740. The van der Waals surface area contributed by atoms with Crippen LogP contribution in [0.5, 0.6) is 0 Å². The number of carbonyl (C=O) groups is 1. The van der Waals surface area contributed by atoms with Crippen molar-refractivity contribution in [1.29, 1.82) is 0 Å². The van der Waals surface area contributed by atoms with E-state index in [1.807, 2.05) is 11.0 Å². The molecule has 3 nitrogen and oxygen atoms in total. The Morgan fingerprint density at radius 3 is 2.15 bits per heavy atom. The van der Waals surface area contributed by atoms with Gasteiger partial charge in [0.25, 0.3) is 5.91 Å². The van der Waals surface area contributed by atoms with Crippen molar-refractivity contribution >= 4 is 21.8 Å². The number of halogens is 1. The van der Waals surface area contributed by atoms with Crippen LogP contribution < -0.4 is 0 Å². The van der Waals surface area contributed by atoms with Gasteiger partial charge in [-0.05, 0) is 46.7 Å². The molecule has 0 N–H and O–H groups in total. The fourth-order valence-corrected chi connectivity index (χ4v) is 2.22. The van der Waals surface area contributed by atoms with Crippen molar-refractivity contribution in [3.63, 3.8) is 0 Å². The van der Waals surface area contributed by atoms with Crippen molar-refractivity contribution in [2.24, 2.45) is 11.8 Å². The highest BCUT2D eigenvalue weighted by atomic mass is 79.9. The van der Waals surface area contributed by atoms with Crippen molar-refractivity contribution in [2.75, 3.05) is 13.1 Å². The summed E-state index contributed by atoms with van der Waals surface area (Å²) in [4.78, 5) is 18.6. The summed E-state index contributed by atoms with van der Waals surface area (Å²) in [5, 5.41) is 0. The lowest BCUT2D eigenvalue weighted by atomic mass is 10.1. The number of aromatic nitrogens is 1. The van der Waals surface area contributed by atoms with Gasteiger partial charge in [0.15, 0.2) is 0 Å². The van der Waals surface area contributed by atoms with Gasteiger partial charge in [-0.2, -0.15) is 0 Å². The van der Waals surface area contributed by atoms with E-state index in [0.29, 0.717) is 17.4 Å². The molecule has 0 saturated heterocycles. The van der Waals surface area contributed by atoms with Crippen molar-refractivity contribution in [1.82, 2.24) is 9.88 Å². The van der Waals surface area contributed by atoms with E-state index in [4.69, 9.17) is 0 Å². The van der Waals surface area contributed by atoms with E-state index >= 15 is 0 Å². The first-order valence-corrected chi connectivity index (χ1v) is 8.09. The van der Waals surface area contributed by atoms with Crippen LogP contribution in [0.2, 0.25) is 0 Å². The Balaban J connectivity index is 2.76. The Bertz CT molecular complexity index is 420. The van der Waals surface area contributed by atoms with Gasteiger partial charge in [0, 0.05) is 30.0 Å². The van der Waals surface area contributed by atoms with Gasteiger partial charge in [0.2, 0.25) is 0 Å². The average molecular weight is 341 g/mol. The topological polar surface area (TPSA) is 33.2 Å². The van der Waals surface area contributed by atoms with E-state index in [1.165, 1.54) is 0 Å². The molecule has 0 unspecified atom stereocenters. The number of rotatable bonds is 7. The molecule has 0 atom stereocenters. The fourth-order valence-electron chi connectivity index (χ4n) is 1.85. The van der Waals surface area contributed by atoms with Crippen LogP contribution in [0.1, 0.15) is 50.9 Å². The third-order valence-corrected chi connectivity index (χ3v) is 3.63. The molecule has 0 saturated carbocycles. The first-order valence-electron chi connectivity index (χ1n) is 7.30. The average Bonchev–Trinajstić information content (AvgIpc) is 2.37. The number of hydrogen-bond acceptors (Lipinski definition) is 2. The first-order chi connectivity index (χ1) is 9.40. The van der Waals surface area contributed by atoms with Crippen LogP contribution in [0.25, 0.3) is 0 Å². The van der Waals surface area contributed by atoms with E-state index in [2.05, 4.69) is 48.6 Å².